The zero-order chi connectivity index (χ0) is 19.3. The molecule has 1 aromatic carbocycles. The number of carbonyl (C=O) groups excluding carboxylic acids is 1. The SMILES string of the molecule is CC(C)n1c(=O)[nH]c(=O)c2c3c(cnc21)C(=O)CC(c1ccc(Cl)cc1)C3. The van der Waals surface area contributed by atoms with Crippen LogP contribution in [0.15, 0.2) is 40.1 Å². The number of hydrogen-bond donors (Lipinski definition) is 1. The average molecular weight is 384 g/mol. The molecule has 0 spiro atoms. The number of carbonyl (C=O) groups is 1. The van der Waals surface area contributed by atoms with Gasteiger partial charge in [0.15, 0.2) is 5.78 Å². The van der Waals surface area contributed by atoms with E-state index in [0.29, 0.717) is 40.0 Å². The number of nitrogens with one attached hydrogen (secondary N) is 1. The van der Waals surface area contributed by atoms with Gasteiger partial charge < -0.3 is 0 Å². The first-order valence-electron chi connectivity index (χ1n) is 8.82. The minimum atomic E-state index is -0.499. The number of halogens is 1. The van der Waals surface area contributed by atoms with Crippen LogP contribution in [0.5, 0.6) is 0 Å². The second-order valence-corrected chi connectivity index (χ2v) is 7.59. The Kier molecular flexibility index (Phi) is 4.23. The van der Waals surface area contributed by atoms with Crippen LogP contribution in [-0.4, -0.2) is 20.3 Å². The number of H-pyrrole nitrogens is 1. The number of aromatic amines is 1. The van der Waals surface area contributed by atoms with Crippen molar-refractivity contribution in [3.8, 4) is 0 Å². The number of pyridine rings is 1. The number of benzene rings is 1. The number of rotatable bonds is 2. The van der Waals surface area contributed by atoms with Crippen molar-refractivity contribution in [2.24, 2.45) is 0 Å². The van der Waals surface area contributed by atoms with Gasteiger partial charge in [-0.25, -0.2) is 9.78 Å². The van der Waals surface area contributed by atoms with Crippen molar-refractivity contribution in [2.45, 2.75) is 38.6 Å². The van der Waals surface area contributed by atoms with Gasteiger partial charge in [0.25, 0.3) is 5.56 Å². The van der Waals surface area contributed by atoms with Crippen LogP contribution >= 0.6 is 11.6 Å². The third-order valence-corrected chi connectivity index (χ3v) is 5.35. The predicted octanol–water partition coefficient (Wildman–Crippen LogP) is 3.23. The Morgan fingerprint density at radius 2 is 1.85 bits per heavy atom. The lowest BCUT2D eigenvalue weighted by Crippen LogP contribution is -2.33. The van der Waals surface area contributed by atoms with Crippen molar-refractivity contribution < 1.29 is 4.79 Å². The van der Waals surface area contributed by atoms with Crippen LogP contribution in [0.1, 0.15) is 53.7 Å². The maximum absolute atomic E-state index is 12.7. The van der Waals surface area contributed by atoms with E-state index in [9.17, 15) is 14.4 Å². The summed E-state index contributed by atoms with van der Waals surface area (Å²) >= 11 is 5.97. The zero-order valence-corrected chi connectivity index (χ0v) is 15.7. The topological polar surface area (TPSA) is 84.8 Å². The average Bonchev–Trinajstić information content (AvgIpc) is 2.61. The summed E-state index contributed by atoms with van der Waals surface area (Å²) in [5.41, 5.74) is 1.45. The summed E-state index contributed by atoms with van der Waals surface area (Å²) in [6.07, 6.45) is 2.38. The van der Waals surface area contributed by atoms with Gasteiger partial charge in [0.05, 0.1) is 5.39 Å². The van der Waals surface area contributed by atoms with E-state index in [1.807, 2.05) is 26.0 Å². The summed E-state index contributed by atoms with van der Waals surface area (Å²) < 4.78 is 1.45. The molecule has 1 aliphatic rings. The molecule has 0 saturated heterocycles. The Bertz CT molecular complexity index is 1180. The highest BCUT2D eigenvalue weighted by atomic mass is 35.5. The monoisotopic (exact) mass is 383 g/mol. The van der Waals surface area contributed by atoms with Crippen LogP contribution < -0.4 is 11.2 Å². The maximum Gasteiger partial charge on any atom is 0.330 e. The molecule has 0 aliphatic heterocycles. The van der Waals surface area contributed by atoms with Gasteiger partial charge in [0, 0.05) is 29.2 Å². The second-order valence-electron chi connectivity index (χ2n) is 7.15. The zero-order valence-electron chi connectivity index (χ0n) is 15.0. The van der Waals surface area contributed by atoms with E-state index in [2.05, 4.69) is 9.97 Å². The normalized spacial score (nSPS) is 16.7. The van der Waals surface area contributed by atoms with Gasteiger partial charge in [-0.2, -0.15) is 0 Å². The Morgan fingerprint density at radius 3 is 2.52 bits per heavy atom. The molecule has 0 saturated carbocycles. The first-order chi connectivity index (χ1) is 12.9. The first-order valence-corrected chi connectivity index (χ1v) is 9.19. The van der Waals surface area contributed by atoms with Crippen LogP contribution in [0.3, 0.4) is 0 Å². The van der Waals surface area contributed by atoms with E-state index in [1.54, 1.807) is 12.1 Å². The lowest BCUT2D eigenvalue weighted by atomic mass is 9.79. The molecule has 4 rings (SSSR count). The van der Waals surface area contributed by atoms with E-state index < -0.39 is 11.2 Å². The van der Waals surface area contributed by atoms with Crippen LogP contribution in [0.2, 0.25) is 5.02 Å². The van der Waals surface area contributed by atoms with E-state index in [-0.39, 0.29) is 17.7 Å². The summed E-state index contributed by atoms with van der Waals surface area (Å²) in [7, 11) is 0. The smallest absolute Gasteiger partial charge is 0.294 e. The van der Waals surface area contributed by atoms with Crippen molar-refractivity contribution in [3.63, 3.8) is 0 Å². The molecule has 1 aliphatic carbocycles. The minimum absolute atomic E-state index is 0.0488. The number of fused-ring (bicyclic) bond motifs is 3. The largest absolute Gasteiger partial charge is 0.330 e. The third-order valence-electron chi connectivity index (χ3n) is 5.10. The van der Waals surface area contributed by atoms with Gasteiger partial charge in [0.2, 0.25) is 0 Å². The number of aromatic nitrogens is 3. The molecule has 2 aromatic heterocycles. The van der Waals surface area contributed by atoms with E-state index in [0.717, 1.165) is 5.56 Å². The fourth-order valence-corrected chi connectivity index (χ4v) is 3.96. The van der Waals surface area contributed by atoms with E-state index in [1.165, 1.54) is 10.8 Å². The molecule has 1 unspecified atom stereocenters. The molecule has 0 bridgehead atoms. The fraction of sp³-hybridized carbons (Fsp3) is 0.300. The van der Waals surface area contributed by atoms with Gasteiger partial charge in [-0.3, -0.25) is 19.1 Å². The van der Waals surface area contributed by atoms with Gasteiger partial charge in [-0.05, 0) is 49.4 Å². The number of Topliss-reactive ketones (excluding diaryl/α,β-unsaturated/α-hetero) is 1. The molecular weight excluding hydrogens is 366 g/mol. The van der Waals surface area contributed by atoms with Crippen molar-refractivity contribution in [1.29, 1.82) is 0 Å². The molecule has 1 atom stereocenters. The second kappa shape index (κ2) is 6.46. The Balaban J connectivity index is 1.95. The van der Waals surface area contributed by atoms with Crippen LogP contribution in [0.4, 0.5) is 0 Å². The molecule has 1 N–H and O–H groups in total. The van der Waals surface area contributed by atoms with Gasteiger partial charge in [-0.1, -0.05) is 23.7 Å². The van der Waals surface area contributed by atoms with Gasteiger partial charge in [-0.15, -0.1) is 0 Å². The van der Waals surface area contributed by atoms with Crippen molar-refractivity contribution in [1.82, 2.24) is 14.5 Å². The maximum atomic E-state index is 12.7. The summed E-state index contributed by atoms with van der Waals surface area (Å²) in [6, 6.07) is 7.23. The quantitative estimate of drug-likeness (QED) is 0.736. The molecule has 138 valence electrons. The molecular formula is C20H18ClN3O3. The summed E-state index contributed by atoms with van der Waals surface area (Å²) in [5, 5.41) is 0.959. The van der Waals surface area contributed by atoms with Crippen molar-refractivity contribution in [3.05, 3.63) is 73.0 Å². The molecule has 27 heavy (non-hydrogen) atoms. The lowest BCUT2D eigenvalue weighted by molar-refractivity contribution is 0.0964. The minimum Gasteiger partial charge on any atom is -0.294 e. The van der Waals surface area contributed by atoms with Crippen LogP contribution in [0.25, 0.3) is 11.0 Å². The highest BCUT2D eigenvalue weighted by molar-refractivity contribution is 6.30. The molecule has 0 fully saturated rings. The van der Waals surface area contributed by atoms with Crippen molar-refractivity contribution in [2.75, 3.05) is 0 Å². The fourth-order valence-electron chi connectivity index (χ4n) is 3.83. The molecule has 7 heteroatoms. The lowest BCUT2D eigenvalue weighted by Gasteiger charge is -2.25. The van der Waals surface area contributed by atoms with Crippen LogP contribution in [0, 0.1) is 0 Å². The Hall–Kier alpha value is -2.73. The Labute approximate surface area is 159 Å². The number of ketones is 1. The summed E-state index contributed by atoms with van der Waals surface area (Å²) in [6.45, 7) is 3.70. The number of nitrogens with zero attached hydrogens (tertiary/aromatic N) is 2. The summed E-state index contributed by atoms with van der Waals surface area (Å²) in [5.74, 6) is -0.0982. The highest BCUT2D eigenvalue weighted by Crippen LogP contribution is 2.35. The van der Waals surface area contributed by atoms with Gasteiger partial charge >= 0.3 is 5.69 Å². The first kappa shape index (κ1) is 17.7. The standard InChI is InChI=1S/C20H18ClN3O3/c1-10(2)24-18-17(19(26)23-20(24)27)14-7-12(8-16(25)15(14)9-22-18)11-3-5-13(21)6-4-11/h3-6,9-10,12H,7-8H2,1-2H3,(H,23,26,27). The number of hydrogen-bond acceptors (Lipinski definition) is 4. The summed E-state index contributed by atoms with van der Waals surface area (Å²) in [4.78, 5) is 44.2. The molecule has 0 radical (unpaired) electrons. The van der Waals surface area contributed by atoms with Crippen LogP contribution in [-0.2, 0) is 6.42 Å². The Morgan fingerprint density at radius 1 is 1.15 bits per heavy atom. The van der Waals surface area contributed by atoms with Gasteiger partial charge in [0.1, 0.15) is 5.65 Å². The van der Waals surface area contributed by atoms with Crippen molar-refractivity contribution >= 4 is 28.4 Å². The predicted molar refractivity (Wildman–Crippen MR) is 104 cm³/mol. The molecule has 2 heterocycles. The van der Waals surface area contributed by atoms with E-state index >= 15 is 0 Å². The van der Waals surface area contributed by atoms with E-state index in [4.69, 9.17) is 11.6 Å². The molecule has 3 aromatic rings. The third kappa shape index (κ3) is 2.90. The molecule has 0 amide bonds. The molecule has 6 nitrogen and oxygen atoms in total. The highest BCUT2D eigenvalue weighted by Gasteiger charge is 2.30.